The first kappa shape index (κ1) is 16.6. The van der Waals surface area contributed by atoms with Crippen molar-refractivity contribution in [1.82, 2.24) is 5.32 Å². The van der Waals surface area contributed by atoms with Gasteiger partial charge in [-0.05, 0) is 18.6 Å². The summed E-state index contributed by atoms with van der Waals surface area (Å²) in [6.07, 6.45) is -0.993. The second kappa shape index (κ2) is 7.50. The second-order valence-electron chi connectivity index (χ2n) is 4.65. The van der Waals surface area contributed by atoms with E-state index in [1.54, 1.807) is 0 Å². The molecule has 0 bridgehead atoms. The number of ether oxygens (including phenoxy) is 1. The van der Waals surface area contributed by atoms with Crippen molar-refractivity contribution in [3.8, 4) is 0 Å². The third-order valence-corrected chi connectivity index (χ3v) is 3.95. The van der Waals surface area contributed by atoms with E-state index in [-0.39, 0.29) is 9.88 Å². The minimum absolute atomic E-state index is 0.0828. The molecule has 120 valence electrons. The molecule has 1 atom stereocenters. The van der Waals surface area contributed by atoms with Crippen LogP contribution >= 0.6 is 11.3 Å². The molecule has 0 aliphatic rings. The number of amides is 1. The first-order chi connectivity index (χ1) is 11.0. The maximum Gasteiger partial charge on any atom is 0.349 e. The number of nitrogens with zero attached hydrogens (tertiary/aromatic N) is 1. The van der Waals surface area contributed by atoms with Crippen LogP contribution in [0.25, 0.3) is 0 Å². The van der Waals surface area contributed by atoms with E-state index < -0.39 is 22.9 Å². The van der Waals surface area contributed by atoms with Crippen molar-refractivity contribution in [2.24, 2.45) is 0 Å². The van der Waals surface area contributed by atoms with Crippen LogP contribution in [0.15, 0.2) is 42.5 Å². The van der Waals surface area contributed by atoms with E-state index >= 15 is 0 Å². The molecule has 0 unspecified atom stereocenters. The molecule has 1 amide bonds. The average Bonchev–Trinajstić information content (AvgIpc) is 3.04. The molecule has 1 aromatic heterocycles. The Morgan fingerprint density at radius 3 is 2.57 bits per heavy atom. The van der Waals surface area contributed by atoms with Crippen LogP contribution in [0.1, 0.15) is 22.2 Å². The van der Waals surface area contributed by atoms with Crippen LogP contribution in [0, 0.1) is 10.1 Å². The number of nitro groups is 1. The topological polar surface area (TPSA) is 98.5 Å². The highest BCUT2D eigenvalue weighted by molar-refractivity contribution is 7.17. The van der Waals surface area contributed by atoms with Crippen LogP contribution < -0.4 is 5.32 Å². The van der Waals surface area contributed by atoms with Crippen LogP contribution in [-0.4, -0.2) is 22.9 Å². The Morgan fingerprint density at radius 2 is 1.96 bits per heavy atom. The number of hydrogen-bond donors (Lipinski definition) is 1. The standard InChI is InChI=1S/C15H14N2O5S/c1-10(14(18)16-9-11-5-3-2-4-6-11)22-15(19)12-7-8-13(23-12)17(20)21/h2-8,10H,9H2,1H3,(H,16,18)/t10-/m1/s1. The Hall–Kier alpha value is -2.74. The van der Waals surface area contributed by atoms with Crippen molar-refractivity contribution in [2.75, 3.05) is 0 Å². The fourth-order valence-corrected chi connectivity index (χ4v) is 2.44. The predicted octanol–water partition coefficient (Wildman–Crippen LogP) is 2.52. The number of carbonyl (C=O) groups excluding carboxylic acids is 2. The van der Waals surface area contributed by atoms with E-state index in [1.165, 1.54) is 19.1 Å². The lowest BCUT2D eigenvalue weighted by Gasteiger charge is -2.12. The number of carbonyl (C=O) groups is 2. The lowest BCUT2D eigenvalue weighted by Crippen LogP contribution is -2.35. The molecule has 1 aromatic carbocycles. The van der Waals surface area contributed by atoms with Gasteiger partial charge in [-0.15, -0.1) is 0 Å². The molecule has 2 aromatic rings. The number of esters is 1. The SMILES string of the molecule is C[C@@H](OC(=O)c1ccc([N+](=O)[O-])s1)C(=O)NCc1ccccc1. The molecule has 8 heteroatoms. The molecule has 1 heterocycles. The van der Waals surface area contributed by atoms with Gasteiger partial charge in [0.15, 0.2) is 6.10 Å². The van der Waals surface area contributed by atoms with Crippen LogP contribution in [0.3, 0.4) is 0 Å². The zero-order valence-corrected chi connectivity index (χ0v) is 13.0. The van der Waals surface area contributed by atoms with E-state index in [0.717, 1.165) is 5.56 Å². The fourth-order valence-electron chi connectivity index (χ4n) is 1.74. The summed E-state index contributed by atoms with van der Waals surface area (Å²) in [5.41, 5.74) is 0.924. The molecule has 0 saturated heterocycles. The summed E-state index contributed by atoms with van der Waals surface area (Å²) in [5, 5.41) is 13.1. The molecular formula is C15H14N2O5S. The summed E-state index contributed by atoms with van der Waals surface area (Å²) in [7, 11) is 0. The number of nitrogens with one attached hydrogen (secondary N) is 1. The van der Waals surface area contributed by atoms with Crippen molar-refractivity contribution in [3.05, 3.63) is 63.0 Å². The Kier molecular flexibility index (Phi) is 5.42. The van der Waals surface area contributed by atoms with Gasteiger partial charge in [-0.25, -0.2) is 4.79 Å². The third-order valence-electron chi connectivity index (χ3n) is 2.94. The van der Waals surface area contributed by atoms with Gasteiger partial charge in [0, 0.05) is 12.6 Å². The number of benzene rings is 1. The van der Waals surface area contributed by atoms with Crippen molar-refractivity contribution in [3.63, 3.8) is 0 Å². The summed E-state index contributed by atoms with van der Waals surface area (Å²) < 4.78 is 5.02. The lowest BCUT2D eigenvalue weighted by molar-refractivity contribution is -0.380. The quantitative estimate of drug-likeness (QED) is 0.497. The molecule has 0 saturated carbocycles. The number of thiophene rings is 1. The normalized spacial score (nSPS) is 11.5. The van der Waals surface area contributed by atoms with Crippen LogP contribution in [0.2, 0.25) is 0 Å². The molecule has 0 spiro atoms. The Balaban J connectivity index is 1.87. The highest BCUT2D eigenvalue weighted by Crippen LogP contribution is 2.24. The van der Waals surface area contributed by atoms with Gasteiger partial charge < -0.3 is 10.1 Å². The summed E-state index contributed by atoms with van der Waals surface area (Å²) >= 11 is 0.708. The fraction of sp³-hybridized carbons (Fsp3) is 0.200. The van der Waals surface area contributed by atoms with Crippen LogP contribution in [-0.2, 0) is 16.1 Å². The predicted molar refractivity (Wildman–Crippen MR) is 84.1 cm³/mol. The van der Waals surface area contributed by atoms with Gasteiger partial charge in [0.05, 0.1) is 4.92 Å². The van der Waals surface area contributed by atoms with E-state index in [2.05, 4.69) is 5.32 Å². The molecule has 1 N–H and O–H groups in total. The molecule has 2 rings (SSSR count). The Morgan fingerprint density at radius 1 is 1.26 bits per heavy atom. The van der Waals surface area contributed by atoms with E-state index in [1.807, 2.05) is 30.3 Å². The van der Waals surface area contributed by atoms with Gasteiger partial charge in [-0.1, -0.05) is 41.7 Å². The zero-order chi connectivity index (χ0) is 16.8. The molecule has 7 nitrogen and oxygen atoms in total. The van der Waals surface area contributed by atoms with Gasteiger partial charge in [0.2, 0.25) is 0 Å². The highest BCUT2D eigenvalue weighted by atomic mass is 32.1. The number of rotatable bonds is 6. The monoisotopic (exact) mass is 334 g/mol. The van der Waals surface area contributed by atoms with Gasteiger partial charge >= 0.3 is 11.0 Å². The van der Waals surface area contributed by atoms with E-state index in [9.17, 15) is 19.7 Å². The Labute approximate surface area is 136 Å². The Bertz CT molecular complexity index is 714. The zero-order valence-electron chi connectivity index (χ0n) is 12.2. The second-order valence-corrected chi connectivity index (χ2v) is 5.71. The summed E-state index contributed by atoms with van der Waals surface area (Å²) in [5.74, 6) is -1.20. The van der Waals surface area contributed by atoms with Crippen LogP contribution in [0.5, 0.6) is 0 Å². The largest absolute Gasteiger partial charge is 0.448 e. The van der Waals surface area contributed by atoms with Crippen molar-refractivity contribution >= 4 is 28.2 Å². The molecule has 0 fully saturated rings. The summed E-state index contributed by atoms with van der Waals surface area (Å²) in [4.78, 5) is 33.8. The third kappa shape index (κ3) is 4.62. The minimum atomic E-state index is -0.993. The van der Waals surface area contributed by atoms with Crippen molar-refractivity contribution in [2.45, 2.75) is 19.6 Å². The van der Waals surface area contributed by atoms with Gasteiger partial charge in [0.1, 0.15) is 4.88 Å². The van der Waals surface area contributed by atoms with Crippen molar-refractivity contribution in [1.29, 1.82) is 0 Å². The van der Waals surface area contributed by atoms with Gasteiger partial charge in [0.25, 0.3) is 5.91 Å². The maximum atomic E-state index is 11.9. The van der Waals surface area contributed by atoms with Crippen LogP contribution in [0.4, 0.5) is 5.00 Å². The molecular weight excluding hydrogens is 320 g/mol. The van der Waals surface area contributed by atoms with Crippen molar-refractivity contribution < 1.29 is 19.2 Å². The van der Waals surface area contributed by atoms with Gasteiger partial charge in [-0.2, -0.15) is 0 Å². The number of hydrogen-bond acceptors (Lipinski definition) is 6. The molecule has 23 heavy (non-hydrogen) atoms. The maximum absolute atomic E-state index is 11.9. The first-order valence-electron chi connectivity index (χ1n) is 6.74. The first-order valence-corrected chi connectivity index (χ1v) is 7.56. The summed E-state index contributed by atoms with van der Waals surface area (Å²) in [6.45, 7) is 1.77. The average molecular weight is 334 g/mol. The summed E-state index contributed by atoms with van der Waals surface area (Å²) in [6, 6.07) is 11.8. The van der Waals surface area contributed by atoms with E-state index in [0.29, 0.717) is 17.9 Å². The smallest absolute Gasteiger partial charge is 0.349 e. The lowest BCUT2D eigenvalue weighted by atomic mass is 10.2. The van der Waals surface area contributed by atoms with E-state index in [4.69, 9.17) is 4.74 Å². The minimum Gasteiger partial charge on any atom is -0.448 e. The highest BCUT2D eigenvalue weighted by Gasteiger charge is 2.21. The van der Waals surface area contributed by atoms with Gasteiger partial charge in [-0.3, -0.25) is 14.9 Å². The molecule has 0 aliphatic heterocycles. The molecule has 0 aliphatic carbocycles. The molecule has 0 radical (unpaired) electrons.